The van der Waals surface area contributed by atoms with Crippen molar-refractivity contribution in [2.24, 2.45) is 0 Å². The summed E-state index contributed by atoms with van der Waals surface area (Å²) in [6.07, 6.45) is 2.79. The molecule has 0 bridgehead atoms. The molecule has 3 heterocycles. The zero-order valence-corrected chi connectivity index (χ0v) is 14.6. The fourth-order valence-corrected chi connectivity index (χ4v) is 3.24. The van der Waals surface area contributed by atoms with Crippen LogP contribution < -0.4 is 0 Å². The molecule has 0 aliphatic carbocycles. The van der Waals surface area contributed by atoms with E-state index in [1.54, 1.807) is 11.8 Å². The number of halogens is 2. The highest BCUT2D eigenvalue weighted by Crippen LogP contribution is 2.27. The molecule has 2 aromatic heterocycles. The summed E-state index contributed by atoms with van der Waals surface area (Å²) < 4.78 is 34.0. The van der Waals surface area contributed by atoms with E-state index in [-0.39, 0.29) is 23.2 Å². The largest absolute Gasteiger partial charge is 0.339 e. The molecular formula is C18H17F2N5O2. The third kappa shape index (κ3) is 3.32. The van der Waals surface area contributed by atoms with Crippen LogP contribution in [0.5, 0.6) is 0 Å². The molecule has 1 aliphatic rings. The predicted molar refractivity (Wildman–Crippen MR) is 90.4 cm³/mol. The van der Waals surface area contributed by atoms with Gasteiger partial charge in [0.15, 0.2) is 23.2 Å². The van der Waals surface area contributed by atoms with Crippen molar-refractivity contribution in [1.29, 1.82) is 0 Å². The molecule has 27 heavy (non-hydrogen) atoms. The van der Waals surface area contributed by atoms with Crippen molar-refractivity contribution in [2.45, 2.75) is 25.7 Å². The van der Waals surface area contributed by atoms with Gasteiger partial charge in [-0.15, -0.1) is 0 Å². The summed E-state index contributed by atoms with van der Waals surface area (Å²) in [5, 5.41) is 7.86. The fourth-order valence-electron chi connectivity index (χ4n) is 3.24. The van der Waals surface area contributed by atoms with E-state index in [1.807, 2.05) is 0 Å². The molecule has 4 rings (SSSR count). The lowest BCUT2D eigenvalue weighted by molar-refractivity contribution is 0.0698. The number of piperidine rings is 1. The minimum absolute atomic E-state index is 0.125. The van der Waals surface area contributed by atoms with E-state index in [1.165, 1.54) is 18.3 Å². The zero-order chi connectivity index (χ0) is 19.0. The Morgan fingerprint density at radius 2 is 1.89 bits per heavy atom. The summed E-state index contributed by atoms with van der Waals surface area (Å²) in [6.45, 7) is 2.80. The molecule has 0 unspecified atom stereocenters. The number of rotatable bonds is 3. The summed E-state index contributed by atoms with van der Waals surface area (Å²) in [4.78, 5) is 18.6. The van der Waals surface area contributed by atoms with Crippen LogP contribution in [0, 0.1) is 18.6 Å². The number of hydrogen-bond acceptors (Lipinski definition) is 5. The first kappa shape index (κ1) is 17.3. The van der Waals surface area contributed by atoms with Gasteiger partial charge in [0.25, 0.3) is 5.91 Å². The van der Waals surface area contributed by atoms with E-state index in [0.29, 0.717) is 37.6 Å². The predicted octanol–water partition coefficient (Wildman–Crippen LogP) is 2.86. The van der Waals surface area contributed by atoms with Gasteiger partial charge >= 0.3 is 0 Å². The third-order valence-electron chi connectivity index (χ3n) is 4.65. The van der Waals surface area contributed by atoms with Crippen LogP contribution in [0.2, 0.25) is 0 Å². The van der Waals surface area contributed by atoms with Crippen LogP contribution in [0.25, 0.3) is 5.69 Å². The van der Waals surface area contributed by atoms with E-state index < -0.39 is 11.6 Å². The van der Waals surface area contributed by atoms with Gasteiger partial charge in [0, 0.05) is 25.2 Å². The number of carbonyl (C=O) groups is 1. The second kappa shape index (κ2) is 6.90. The van der Waals surface area contributed by atoms with Gasteiger partial charge in [0.05, 0.1) is 0 Å². The second-order valence-electron chi connectivity index (χ2n) is 6.46. The molecule has 1 saturated heterocycles. The lowest BCUT2D eigenvalue weighted by atomic mass is 9.96. The Labute approximate surface area is 153 Å². The number of hydrogen-bond donors (Lipinski definition) is 0. The molecular weight excluding hydrogens is 356 g/mol. The monoisotopic (exact) mass is 373 g/mol. The highest BCUT2D eigenvalue weighted by Gasteiger charge is 2.28. The SMILES string of the molecule is Cc1noc(C2CCN(C(=O)c3ccn(-c4c(F)cccc4F)n3)CC2)n1. The molecule has 0 N–H and O–H groups in total. The first-order valence-electron chi connectivity index (χ1n) is 8.62. The molecule has 9 heteroatoms. The second-order valence-corrected chi connectivity index (χ2v) is 6.46. The van der Waals surface area contributed by atoms with Gasteiger partial charge in [-0.3, -0.25) is 4.79 Å². The van der Waals surface area contributed by atoms with E-state index >= 15 is 0 Å². The van der Waals surface area contributed by atoms with Gasteiger partial charge < -0.3 is 9.42 Å². The van der Waals surface area contributed by atoms with Gasteiger partial charge in [-0.1, -0.05) is 11.2 Å². The van der Waals surface area contributed by atoms with Gasteiger partial charge in [0.2, 0.25) is 5.89 Å². The summed E-state index contributed by atoms with van der Waals surface area (Å²) >= 11 is 0. The van der Waals surface area contributed by atoms with E-state index in [0.717, 1.165) is 16.8 Å². The number of benzene rings is 1. The number of aryl methyl sites for hydroxylation is 1. The highest BCUT2D eigenvalue weighted by atomic mass is 19.1. The zero-order valence-electron chi connectivity index (χ0n) is 14.6. The van der Waals surface area contributed by atoms with Crippen molar-refractivity contribution in [2.75, 3.05) is 13.1 Å². The first-order valence-corrected chi connectivity index (χ1v) is 8.62. The Morgan fingerprint density at radius 1 is 1.19 bits per heavy atom. The summed E-state index contributed by atoms with van der Waals surface area (Å²) in [6, 6.07) is 5.03. The number of amides is 1. The number of nitrogens with zero attached hydrogens (tertiary/aromatic N) is 5. The molecule has 1 aliphatic heterocycles. The highest BCUT2D eigenvalue weighted by molar-refractivity contribution is 5.92. The lowest BCUT2D eigenvalue weighted by Crippen LogP contribution is -2.38. The Hall–Kier alpha value is -3.10. The number of likely N-dealkylation sites (tertiary alicyclic amines) is 1. The molecule has 140 valence electrons. The molecule has 0 atom stereocenters. The van der Waals surface area contributed by atoms with Crippen LogP contribution in [0.1, 0.15) is 41.0 Å². The Kier molecular flexibility index (Phi) is 4.43. The van der Waals surface area contributed by atoms with Gasteiger partial charge in [-0.25, -0.2) is 13.5 Å². The molecule has 7 nitrogen and oxygen atoms in total. The van der Waals surface area contributed by atoms with Crippen molar-refractivity contribution >= 4 is 5.91 Å². The molecule has 3 aromatic rings. The molecule has 0 spiro atoms. The number of para-hydroxylation sites is 1. The maximum Gasteiger partial charge on any atom is 0.274 e. The van der Waals surface area contributed by atoms with Crippen molar-refractivity contribution in [3.63, 3.8) is 0 Å². The maximum absolute atomic E-state index is 13.9. The van der Waals surface area contributed by atoms with E-state index in [2.05, 4.69) is 15.2 Å². The quantitative estimate of drug-likeness (QED) is 0.706. The molecule has 0 radical (unpaired) electrons. The minimum Gasteiger partial charge on any atom is -0.339 e. The van der Waals surface area contributed by atoms with E-state index in [4.69, 9.17) is 4.52 Å². The maximum atomic E-state index is 13.9. The average molecular weight is 373 g/mol. The fraction of sp³-hybridized carbons (Fsp3) is 0.333. The van der Waals surface area contributed by atoms with Crippen molar-refractivity contribution < 1.29 is 18.1 Å². The standard InChI is InChI=1S/C18H17F2N5O2/c1-11-21-17(27-23-11)12-5-8-24(9-6-12)18(26)15-7-10-25(22-15)16-13(19)3-2-4-14(16)20/h2-4,7,10,12H,5-6,8-9H2,1H3. The summed E-state index contributed by atoms with van der Waals surface area (Å²) in [7, 11) is 0. The van der Waals surface area contributed by atoms with Crippen LogP contribution in [0.15, 0.2) is 35.0 Å². The van der Waals surface area contributed by atoms with Crippen LogP contribution in [-0.4, -0.2) is 43.8 Å². The van der Waals surface area contributed by atoms with Gasteiger partial charge in [-0.2, -0.15) is 10.1 Å². The Bertz CT molecular complexity index is 956. The van der Waals surface area contributed by atoms with Crippen molar-refractivity contribution in [1.82, 2.24) is 24.8 Å². The molecule has 0 saturated carbocycles. The topological polar surface area (TPSA) is 77.0 Å². The molecule has 1 fully saturated rings. The van der Waals surface area contributed by atoms with Crippen LogP contribution in [0.4, 0.5) is 8.78 Å². The summed E-state index contributed by atoms with van der Waals surface area (Å²) in [5.41, 5.74) is -0.160. The Morgan fingerprint density at radius 3 is 2.52 bits per heavy atom. The van der Waals surface area contributed by atoms with Gasteiger partial charge in [-0.05, 0) is 38.0 Å². The number of carbonyl (C=O) groups excluding carboxylic acids is 1. The van der Waals surface area contributed by atoms with Crippen LogP contribution in [-0.2, 0) is 0 Å². The first-order chi connectivity index (χ1) is 13.0. The summed E-state index contributed by atoms with van der Waals surface area (Å²) in [5.74, 6) is -0.445. The van der Waals surface area contributed by atoms with E-state index in [9.17, 15) is 13.6 Å². The van der Waals surface area contributed by atoms with Crippen molar-refractivity contribution in [3.05, 3.63) is 59.5 Å². The van der Waals surface area contributed by atoms with Crippen LogP contribution >= 0.6 is 0 Å². The lowest BCUT2D eigenvalue weighted by Gasteiger charge is -2.29. The third-order valence-corrected chi connectivity index (χ3v) is 4.65. The Balaban J connectivity index is 1.46. The normalized spacial score (nSPS) is 15.3. The molecule has 1 amide bonds. The van der Waals surface area contributed by atoms with Gasteiger partial charge in [0.1, 0.15) is 5.69 Å². The van der Waals surface area contributed by atoms with Crippen molar-refractivity contribution in [3.8, 4) is 5.69 Å². The number of aromatic nitrogens is 4. The van der Waals surface area contributed by atoms with Crippen LogP contribution in [0.3, 0.4) is 0 Å². The average Bonchev–Trinajstić information content (AvgIpc) is 3.31. The smallest absolute Gasteiger partial charge is 0.274 e. The minimum atomic E-state index is -0.743. The molecule has 1 aromatic carbocycles.